The van der Waals surface area contributed by atoms with Gasteiger partial charge in [-0.3, -0.25) is 4.79 Å². The lowest BCUT2D eigenvalue weighted by Crippen LogP contribution is -2.14. The third kappa shape index (κ3) is 2.43. The lowest BCUT2D eigenvalue weighted by Gasteiger charge is -2.05. The van der Waals surface area contributed by atoms with E-state index < -0.39 is 0 Å². The molecular formula is C17H14N2OS. The van der Waals surface area contributed by atoms with Crippen molar-refractivity contribution in [1.82, 2.24) is 4.37 Å². The van der Waals surface area contributed by atoms with Gasteiger partial charge < -0.3 is 5.32 Å². The summed E-state index contributed by atoms with van der Waals surface area (Å²) in [5, 5.41) is 4.14. The van der Waals surface area contributed by atoms with Crippen LogP contribution in [-0.4, -0.2) is 10.3 Å². The van der Waals surface area contributed by atoms with E-state index in [-0.39, 0.29) is 11.8 Å². The van der Waals surface area contributed by atoms with Crippen LogP contribution in [0.2, 0.25) is 0 Å². The fraction of sp³-hybridized carbons (Fsp3) is 0.176. The van der Waals surface area contributed by atoms with Crippen molar-refractivity contribution < 1.29 is 4.79 Å². The second-order valence-corrected chi connectivity index (χ2v) is 6.26. The van der Waals surface area contributed by atoms with Crippen LogP contribution in [0.3, 0.4) is 0 Å². The van der Waals surface area contributed by atoms with Crippen molar-refractivity contribution in [2.45, 2.75) is 12.3 Å². The van der Waals surface area contributed by atoms with Gasteiger partial charge in [-0.1, -0.05) is 30.3 Å². The van der Waals surface area contributed by atoms with Crippen LogP contribution in [0.1, 0.15) is 17.9 Å². The maximum absolute atomic E-state index is 12.3. The molecule has 1 fully saturated rings. The Hall–Kier alpha value is -2.20. The van der Waals surface area contributed by atoms with Gasteiger partial charge in [-0.25, -0.2) is 0 Å². The largest absolute Gasteiger partial charge is 0.326 e. The van der Waals surface area contributed by atoms with E-state index in [9.17, 15) is 4.79 Å². The monoisotopic (exact) mass is 294 g/mol. The number of hydrogen-bond acceptors (Lipinski definition) is 3. The number of fused-ring (bicyclic) bond motifs is 1. The molecule has 0 radical (unpaired) electrons. The highest BCUT2D eigenvalue weighted by Crippen LogP contribution is 2.47. The second kappa shape index (κ2) is 4.97. The van der Waals surface area contributed by atoms with Gasteiger partial charge in [-0.05, 0) is 47.6 Å². The SMILES string of the molecule is O=C(Nc1ccc2cnsc2c1)[C@@H]1C[C@H]1c1ccccc1. The van der Waals surface area contributed by atoms with Crippen molar-refractivity contribution in [1.29, 1.82) is 0 Å². The number of carbonyl (C=O) groups excluding carboxylic acids is 1. The van der Waals surface area contributed by atoms with Gasteiger partial charge in [0.05, 0.1) is 4.70 Å². The van der Waals surface area contributed by atoms with Crippen molar-refractivity contribution in [2.75, 3.05) is 5.32 Å². The average molecular weight is 294 g/mol. The van der Waals surface area contributed by atoms with Crippen LogP contribution in [0.25, 0.3) is 10.1 Å². The minimum atomic E-state index is 0.101. The van der Waals surface area contributed by atoms with Crippen LogP contribution in [0.15, 0.2) is 54.7 Å². The van der Waals surface area contributed by atoms with E-state index in [1.165, 1.54) is 17.1 Å². The fourth-order valence-corrected chi connectivity index (χ4v) is 3.41. The first-order valence-electron chi connectivity index (χ1n) is 7.01. The molecule has 21 heavy (non-hydrogen) atoms. The van der Waals surface area contributed by atoms with E-state index in [0.717, 1.165) is 22.2 Å². The van der Waals surface area contributed by atoms with Gasteiger partial charge in [-0.2, -0.15) is 4.37 Å². The summed E-state index contributed by atoms with van der Waals surface area (Å²) < 4.78 is 5.25. The smallest absolute Gasteiger partial charge is 0.228 e. The van der Waals surface area contributed by atoms with Gasteiger partial charge >= 0.3 is 0 Å². The summed E-state index contributed by atoms with van der Waals surface area (Å²) in [7, 11) is 0. The Morgan fingerprint density at radius 1 is 1.19 bits per heavy atom. The van der Waals surface area contributed by atoms with Crippen molar-refractivity contribution >= 4 is 33.2 Å². The molecule has 4 rings (SSSR count). The lowest BCUT2D eigenvalue weighted by atomic mass is 10.1. The minimum Gasteiger partial charge on any atom is -0.326 e. The van der Waals surface area contributed by atoms with Gasteiger partial charge in [-0.15, -0.1) is 0 Å². The summed E-state index contributed by atoms with van der Waals surface area (Å²) in [5.41, 5.74) is 2.12. The van der Waals surface area contributed by atoms with Crippen LogP contribution in [0.4, 0.5) is 5.69 Å². The fourth-order valence-electron chi connectivity index (χ4n) is 2.73. The van der Waals surface area contributed by atoms with Crippen molar-refractivity contribution in [3.63, 3.8) is 0 Å². The molecule has 3 aromatic rings. The predicted molar refractivity (Wildman–Crippen MR) is 85.5 cm³/mol. The number of rotatable bonds is 3. The molecule has 0 spiro atoms. The van der Waals surface area contributed by atoms with E-state index in [1.54, 1.807) is 0 Å². The maximum Gasteiger partial charge on any atom is 0.228 e. The number of benzene rings is 2. The summed E-state index contributed by atoms with van der Waals surface area (Å²) in [6, 6.07) is 16.2. The predicted octanol–water partition coefficient (Wildman–Crippen LogP) is 4.04. The normalized spacial score (nSPS) is 20.4. The van der Waals surface area contributed by atoms with E-state index in [2.05, 4.69) is 21.8 Å². The molecule has 1 saturated carbocycles. The summed E-state index contributed by atoms with van der Waals surface area (Å²) in [5.74, 6) is 0.593. The quantitative estimate of drug-likeness (QED) is 0.792. The van der Waals surface area contributed by atoms with E-state index in [1.807, 2.05) is 42.6 Å². The Morgan fingerprint density at radius 2 is 2.05 bits per heavy atom. The van der Waals surface area contributed by atoms with Crippen LogP contribution >= 0.6 is 11.5 Å². The number of carbonyl (C=O) groups is 1. The van der Waals surface area contributed by atoms with E-state index in [0.29, 0.717) is 5.92 Å². The number of aromatic nitrogens is 1. The molecule has 0 bridgehead atoms. The standard InChI is InChI=1S/C17H14N2OS/c20-17(15-9-14(15)11-4-2-1-3-5-11)19-13-7-6-12-10-18-21-16(12)8-13/h1-8,10,14-15H,9H2,(H,19,20)/t14-,15+/m0/s1. The Kier molecular flexibility index (Phi) is 2.97. The molecule has 0 saturated heterocycles. The molecule has 2 atom stereocenters. The number of anilines is 1. The van der Waals surface area contributed by atoms with E-state index >= 15 is 0 Å². The summed E-state index contributed by atoms with van der Waals surface area (Å²) in [6.07, 6.45) is 2.79. The van der Waals surface area contributed by atoms with Gasteiger partial charge in [0.2, 0.25) is 5.91 Å². The molecule has 4 heteroatoms. The number of hydrogen-bond donors (Lipinski definition) is 1. The Labute approximate surface area is 126 Å². The zero-order valence-corrected chi connectivity index (χ0v) is 12.1. The Balaban J connectivity index is 1.47. The molecule has 1 aromatic heterocycles. The Morgan fingerprint density at radius 3 is 2.90 bits per heavy atom. The summed E-state index contributed by atoms with van der Waals surface area (Å²) in [4.78, 5) is 12.3. The van der Waals surface area contributed by atoms with Crippen LogP contribution < -0.4 is 5.32 Å². The molecule has 2 aromatic carbocycles. The van der Waals surface area contributed by atoms with Crippen molar-refractivity contribution in [3.05, 3.63) is 60.3 Å². The molecule has 0 unspecified atom stereocenters. The molecule has 1 amide bonds. The van der Waals surface area contributed by atoms with Crippen molar-refractivity contribution in [2.24, 2.45) is 5.92 Å². The zero-order chi connectivity index (χ0) is 14.2. The average Bonchev–Trinajstić information content (AvgIpc) is 3.19. The van der Waals surface area contributed by atoms with Crippen LogP contribution in [0.5, 0.6) is 0 Å². The van der Waals surface area contributed by atoms with Gasteiger partial charge in [0, 0.05) is 23.2 Å². The first-order chi connectivity index (χ1) is 10.3. The van der Waals surface area contributed by atoms with Crippen molar-refractivity contribution in [3.8, 4) is 0 Å². The molecule has 1 heterocycles. The first kappa shape index (κ1) is 12.5. The third-order valence-electron chi connectivity index (χ3n) is 3.98. The number of amides is 1. The first-order valence-corrected chi connectivity index (χ1v) is 7.79. The zero-order valence-electron chi connectivity index (χ0n) is 11.3. The van der Waals surface area contributed by atoms with E-state index in [4.69, 9.17) is 0 Å². The van der Waals surface area contributed by atoms with Crippen LogP contribution in [0, 0.1) is 5.92 Å². The molecular weight excluding hydrogens is 280 g/mol. The highest BCUT2D eigenvalue weighted by Gasteiger charge is 2.43. The topological polar surface area (TPSA) is 42.0 Å². The second-order valence-electron chi connectivity index (χ2n) is 5.43. The summed E-state index contributed by atoms with van der Waals surface area (Å²) >= 11 is 1.45. The molecule has 3 nitrogen and oxygen atoms in total. The molecule has 1 aliphatic rings. The van der Waals surface area contributed by atoms with Gasteiger partial charge in [0.1, 0.15) is 0 Å². The molecule has 104 valence electrons. The lowest BCUT2D eigenvalue weighted by molar-refractivity contribution is -0.117. The number of nitrogens with zero attached hydrogens (tertiary/aromatic N) is 1. The van der Waals surface area contributed by atoms with Gasteiger partial charge in [0.25, 0.3) is 0 Å². The summed E-state index contributed by atoms with van der Waals surface area (Å²) in [6.45, 7) is 0. The van der Waals surface area contributed by atoms with Gasteiger partial charge in [0.15, 0.2) is 0 Å². The third-order valence-corrected chi connectivity index (χ3v) is 4.74. The highest BCUT2D eigenvalue weighted by atomic mass is 32.1. The molecule has 1 aliphatic carbocycles. The van der Waals surface area contributed by atoms with Crippen LogP contribution in [-0.2, 0) is 4.79 Å². The maximum atomic E-state index is 12.3. The Bertz CT molecular complexity index is 797. The molecule has 0 aliphatic heterocycles. The minimum absolute atomic E-state index is 0.101. The highest BCUT2D eigenvalue weighted by molar-refractivity contribution is 7.13. The number of nitrogens with one attached hydrogen (secondary N) is 1. The molecule has 1 N–H and O–H groups in total.